The average Bonchev–Trinajstić information content (AvgIpc) is 3.00. The third kappa shape index (κ3) is 3.11. The Morgan fingerprint density at radius 2 is 2.00 bits per heavy atom. The molecule has 0 heterocycles. The molecule has 2 nitrogen and oxygen atoms in total. The summed E-state index contributed by atoms with van der Waals surface area (Å²) in [6, 6.07) is 8.20. The lowest BCUT2D eigenvalue weighted by Crippen LogP contribution is -2.38. The third-order valence-electron chi connectivity index (χ3n) is 4.64. The van der Waals surface area contributed by atoms with E-state index in [-0.39, 0.29) is 5.91 Å². The summed E-state index contributed by atoms with van der Waals surface area (Å²) >= 11 is 5.84. The molecule has 0 aliphatic heterocycles. The van der Waals surface area contributed by atoms with Crippen LogP contribution in [0.25, 0.3) is 0 Å². The molecule has 0 saturated heterocycles. The van der Waals surface area contributed by atoms with E-state index in [4.69, 9.17) is 11.6 Å². The highest BCUT2D eigenvalue weighted by molar-refractivity contribution is 6.30. The van der Waals surface area contributed by atoms with Gasteiger partial charge in [-0.3, -0.25) is 4.79 Å². The van der Waals surface area contributed by atoms with Gasteiger partial charge in [-0.25, -0.2) is 0 Å². The predicted molar refractivity (Wildman–Crippen MR) is 77.2 cm³/mol. The second-order valence-corrected chi connectivity index (χ2v) is 6.41. The first-order chi connectivity index (χ1) is 9.20. The highest BCUT2D eigenvalue weighted by atomic mass is 35.5. The Hall–Kier alpha value is -1.02. The van der Waals surface area contributed by atoms with E-state index in [1.165, 1.54) is 31.2 Å². The molecule has 2 aliphatic rings. The van der Waals surface area contributed by atoms with Crippen LogP contribution in [0.5, 0.6) is 0 Å². The van der Waals surface area contributed by atoms with E-state index in [9.17, 15) is 4.79 Å². The van der Waals surface area contributed by atoms with Gasteiger partial charge in [0.15, 0.2) is 0 Å². The van der Waals surface area contributed by atoms with Crippen molar-refractivity contribution in [2.75, 3.05) is 0 Å². The molecular formula is C16H20ClNO. The zero-order valence-corrected chi connectivity index (χ0v) is 11.8. The molecular weight excluding hydrogens is 258 g/mol. The maximum atomic E-state index is 12.0. The Balaban J connectivity index is 1.45. The third-order valence-corrected chi connectivity index (χ3v) is 4.89. The molecule has 1 aromatic rings. The Kier molecular flexibility index (Phi) is 3.79. The van der Waals surface area contributed by atoms with Gasteiger partial charge in [-0.15, -0.1) is 0 Å². The molecule has 2 saturated carbocycles. The Morgan fingerprint density at radius 1 is 1.21 bits per heavy atom. The normalized spacial score (nSPS) is 28.6. The number of aryl methyl sites for hydroxylation is 1. The summed E-state index contributed by atoms with van der Waals surface area (Å²) < 4.78 is 0. The van der Waals surface area contributed by atoms with Gasteiger partial charge < -0.3 is 5.32 Å². The van der Waals surface area contributed by atoms with Crippen LogP contribution in [-0.4, -0.2) is 11.9 Å². The van der Waals surface area contributed by atoms with Crippen molar-refractivity contribution in [2.24, 2.45) is 11.8 Å². The van der Waals surface area contributed by atoms with Gasteiger partial charge in [0.2, 0.25) is 5.91 Å². The number of carbonyl (C=O) groups is 1. The van der Waals surface area contributed by atoms with Gasteiger partial charge in [-0.05, 0) is 55.2 Å². The van der Waals surface area contributed by atoms with E-state index < -0.39 is 0 Å². The van der Waals surface area contributed by atoms with E-state index in [0.717, 1.165) is 23.3 Å². The molecule has 3 rings (SSSR count). The van der Waals surface area contributed by atoms with Gasteiger partial charge in [0.25, 0.3) is 0 Å². The van der Waals surface area contributed by atoms with Crippen LogP contribution >= 0.6 is 11.6 Å². The highest BCUT2D eigenvalue weighted by Crippen LogP contribution is 2.44. The minimum atomic E-state index is 0.201. The van der Waals surface area contributed by atoms with Crippen molar-refractivity contribution in [2.45, 2.75) is 44.6 Å². The van der Waals surface area contributed by atoms with Crippen molar-refractivity contribution in [3.63, 3.8) is 0 Å². The maximum Gasteiger partial charge on any atom is 0.220 e. The Labute approximate surface area is 119 Å². The second kappa shape index (κ2) is 5.54. The quantitative estimate of drug-likeness (QED) is 0.895. The van der Waals surface area contributed by atoms with Crippen LogP contribution in [0.1, 0.15) is 37.7 Å². The van der Waals surface area contributed by atoms with Crippen molar-refractivity contribution < 1.29 is 4.79 Å². The summed E-state index contributed by atoms with van der Waals surface area (Å²) in [6.45, 7) is 0. The van der Waals surface area contributed by atoms with Crippen LogP contribution in [0, 0.1) is 11.8 Å². The van der Waals surface area contributed by atoms with Gasteiger partial charge in [-0.2, -0.15) is 0 Å². The largest absolute Gasteiger partial charge is 0.353 e. The fourth-order valence-corrected chi connectivity index (χ4v) is 3.74. The van der Waals surface area contributed by atoms with E-state index in [2.05, 4.69) is 5.32 Å². The molecule has 2 fully saturated rings. The molecule has 3 heteroatoms. The van der Waals surface area contributed by atoms with Crippen molar-refractivity contribution >= 4 is 17.5 Å². The first kappa shape index (κ1) is 13.0. The van der Waals surface area contributed by atoms with E-state index in [0.29, 0.717) is 12.5 Å². The fourth-order valence-electron chi connectivity index (χ4n) is 3.61. The minimum Gasteiger partial charge on any atom is -0.353 e. The second-order valence-electron chi connectivity index (χ2n) is 5.98. The van der Waals surface area contributed by atoms with Crippen molar-refractivity contribution in [1.29, 1.82) is 0 Å². The molecule has 1 N–H and O–H groups in total. The van der Waals surface area contributed by atoms with E-state index in [1.54, 1.807) is 0 Å². The molecule has 0 radical (unpaired) electrons. The molecule has 0 aromatic heterocycles. The molecule has 3 atom stereocenters. The summed E-state index contributed by atoms with van der Waals surface area (Å²) in [5, 5.41) is 3.97. The van der Waals surface area contributed by atoms with Crippen molar-refractivity contribution in [1.82, 2.24) is 5.32 Å². The number of carbonyl (C=O) groups excluding carboxylic acids is 1. The molecule has 102 valence electrons. The highest BCUT2D eigenvalue weighted by Gasteiger charge is 2.39. The zero-order chi connectivity index (χ0) is 13.2. The summed E-state index contributed by atoms with van der Waals surface area (Å²) in [7, 11) is 0. The topological polar surface area (TPSA) is 29.1 Å². The summed E-state index contributed by atoms with van der Waals surface area (Å²) in [5.41, 5.74) is 1.17. The molecule has 2 aliphatic carbocycles. The number of halogens is 1. The Morgan fingerprint density at radius 3 is 2.63 bits per heavy atom. The summed E-state index contributed by atoms with van der Waals surface area (Å²) in [4.78, 5) is 12.0. The monoisotopic (exact) mass is 277 g/mol. The van der Waals surface area contributed by atoms with Crippen LogP contribution < -0.4 is 5.32 Å². The number of benzene rings is 1. The minimum absolute atomic E-state index is 0.201. The smallest absolute Gasteiger partial charge is 0.220 e. The van der Waals surface area contributed by atoms with Crippen LogP contribution in [0.3, 0.4) is 0 Å². The lowest BCUT2D eigenvalue weighted by molar-refractivity contribution is -0.122. The zero-order valence-electron chi connectivity index (χ0n) is 11.1. The van der Waals surface area contributed by atoms with Crippen LogP contribution in [-0.2, 0) is 11.2 Å². The number of amides is 1. The van der Waals surface area contributed by atoms with Crippen molar-refractivity contribution in [3.05, 3.63) is 34.9 Å². The van der Waals surface area contributed by atoms with E-state index >= 15 is 0 Å². The molecule has 1 aromatic carbocycles. The lowest BCUT2D eigenvalue weighted by atomic mass is 9.95. The number of hydrogen-bond donors (Lipinski definition) is 1. The Bertz CT molecular complexity index is 456. The van der Waals surface area contributed by atoms with Crippen LogP contribution in [0.4, 0.5) is 0 Å². The molecule has 19 heavy (non-hydrogen) atoms. The van der Waals surface area contributed by atoms with Gasteiger partial charge >= 0.3 is 0 Å². The first-order valence-electron chi connectivity index (χ1n) is 7.24. The first-order valence-corrected chi connectivity index (χ1v) is 7.62. The van der Waals surface area contributed by atoms with Crippen molar-refractivity contribution in [3.8, 4) is 0 Å². The standard InChI is InChI=1S/C16H20ClNO/c17-14-6-2-11(3-7-14)4-8-16(19)18-15-10-12-1-5-13(15)9-12/h2-3,6-7,12-13,15H,1,4-5,8-10H2,(H,18,19). The van der Waals surface area contributed by atoms with Crippen LogP contribution in [0.2, 0.25) is 5.02 Å². The molecule has 1 amide bonds. The number of rotatable bonds is 4. The molecule has 2 bridgehead atoms. The van der Waals surface area contributed by atoms with E-state index in [1.807, 2.05) is 24.3 Å². The fraction of sp³-hybridized carbons (Fsp3) is 0.562. The lowest BCUT2D eigenvalue weighted by Gasteiger charge is -2.22. The predicted octanol–water partition coefficient (Wildman–Crippen LogP) is 3.58. The number of fused-ring (bicyclic) bond motifs is 2. The maximum absolute atomic E-state index is 12.0. The molecule has 0 spiro atoms. The number of nitrogens with one attached hydrogen (secondary N) is 1. The summed E-state index contributed by atoms with van der Waals surface area (Å²) in [6.07, 6.45) is 6.60. The van der Waals surface area contributed by atoms with Gasteiger partial charge in [0, 0.05) is 17.5 Å². The molecule has 3 unspecified atom stereocenters. The van der Waals surface area contributed by atoms with Gasteiger partial charge in [0.1, 0.15) is 0 Å². The van der Waals surface area contributed by atoms with Crippen LogP contribution in [0.15, 0.2) is 24.3 Å². The van der Waals surface area contributed by atoms with Gasteiger partial charge in [0.05, 0.1) is 0 Å². The van der Waals surface area contributed by atoms with Gasteiger partial charge in [-0.1, -0.05) is 30.2 Å². The number of hydrogen-bond acceptors (Lipinski definition) is 1. The average molecular weight is 278 g/mol. The SMILES string of the molecule is O=C(CCc1ccc(Cl)cc1)NC1CC2CCC1C2. The summed E-state index contributed by atoms with van der Waals surface area (Å²) in [5.74, 6) is 1.84.